The molecule has 0 aromatic carbocycles. The van der Waals surface area contributed by atoms with Crippen molar-refractivity contribution < 1.29 is 9.59 Å². The lowest BCUT2D eigenvalue weighted by atomic mass is 9.46. The lowest BCUT2D eigenvalue weighted by Gasteiger charge is -2.58. The maximum absolute atomic E-state index is 12.5. The van der Waals surface area contributed by atoms with Crippen molar-refractivity contribution in [2.24, 2.45) is 40.4 Å². The first-order chi connectivity index (χ1) is 11.8. The van der Waals surface area contributed by atoms with E-state index in [-0.39, 0.29) is 16.7 Å². The highest BCUT2D eigenvalue weighted by Crippen LogP contribution is 2.68. The van der Waals surface area contributed by atoms with Gasteiger partial charge in [-0.3, -0.25) is 9.59 Å². The molecule has 3 saturated carbocycles. The number of ketones is 2. The van der Waals surface area contributed by atoms with Gasteiger partial charge in [0.25, 0.3) is 0 Å². The summed E-state index contributed by atoms with van der Waals surface area (Å²) in [6, 6.07) is 0. The summed E-state index contributed by atoms with van der Waals surface area (Å²) in [6.45, 7) is 8.99. The summed E-state index contributed by atoms with van der Waals surface area (Å²) in [5.74, 6) is 3.83. The number of allylic oxidation sites excluding steroid dienone is 1. The van der Waals surface area contributed by atoms with E-state index < -0.39 is 0 Å². The van der Waals surface area contributed by atoms with Gasteiger partial charge in [-0.05, 0) is 86.0 Å². The van der Waals surface area contributed by atoms with Gasteiger partial charge < -0.3 is 0 Å². The van der Waals surface area contributed by atoms with Crippen molar-refractivity contribution in [3.05, 3.63) is 11.6 Å². The van der Waals surface area contributed by atoms with Crippen LogP contribution in [0, 0.1) is 40.4 Å². The molecule has 4 rings (SSSR count). The van der Waals surface area contributed by atoms with Crippen LogP contribution >= 0.6 is 0 Å². The van der Waals surface area contributed by atoms with Crippen LogP contribution in [-0.4, -0.2) is 11.6 Å². The van der Waals surface area contributed by atoms with Gasteiger partial charge in [-0.15, -0.1) is 0 Å². The van der Waals surface area contributed by atoms with Crippen LogP contribution in [0.1, 0.15) is 79.1 Å². The zero-order chi connectivity index (χ0) is 18.0. The molecule has 3 fully saturated rings. The van der Waals surface area contributed by atoms with Crippen molar-refractivity contribution in [3.8, 4) is 0 Å². The Morgan fingerprint density at radius 2 is 1.92 bits per heavy atom. The largest absolute Gasteiger partial charge is 0.300 e. The topological polar surface area (TPSA) is 34.1 Å². The predicted octanol–water partition coefficient (Wildman–Crippen LogP) is 5.36. The molecule has 4 aliphatic rings. The van der Waals surface area contributed by atoms with E-state index in [1.807, 2.05) is 13.0 Å². The second-order valence-corrected chi connectivity index (χ2v) is 10.0. The second kappa shape index (κ2) is 5.79. The van der Waals surface area contributed by atoms with Gasteiger partial charge in [-0.1, -0.05) is 32.8 Å². The highest BCUT2D eigenvalue weighted by atomic mass is 16.1. The Bertz CT molecular complexity index is 632. The molecule has 0 N–H and O–H groups in total. The molecule has 0 saturated heterocycles. The first-order valence-electron chi connectivity index (χ1n) is 10.6. The molecule has 0 aliphatic heterocycles. The number of hydrogen-bond acceptors (Lipinski definition) is 2. The fraction of sp³-hybridized carbons (Fsp3) is 0.826. The summed E-state index contributed by atoms with van der Waals surface area (Å²) in [5.41, 5.74) is 1.91. The molecule has 0 heterocycles. The van der Waals surface area contributed by atoms with E-state index in [4.69, 9.17) is 0 Å². The average molecular weight is 343 g/mol. The number of fused-ring (bicyclic) bond motifs is 5. The SMILES string of the molecule is CCC1C[C@H]2[C@@H]3CCC4=CC(=O)CC[C@]4(C)[C@H]3CC[C@]2(C)[C@H]1C(C)=O. The molecular formula is C23H34O2. The zero-order valence-electron chi connectivity index (χ0n) is 16.4. The van der Waals surface area contributed by atoms with Crippen LogP contribution in [0.25, 0.3) is 0 Å². The lowest BCUT2D eigenvalue weighted by molar-refractivity contribution is -0.130. The fourth-order valence-corrected chi connectivity index (χ4v) is 7.94. The molecule has 0 radical (unpaired) electrons. The van der Waals surface area contributed by atoms with Gasteiger partial charge in [-0.25, -0.2) is 0 Å². The summed E-state index contributed by atoms with van der Waals surface area (Å²) in [5, 5.41) is 0. The molecule has 2 heteroatoms. The molecule has 0 bridgehead atoms. The van der Waals surface area contributed by atoms with E-state index in [0.717, 1.165) is 37.5 Å². The van der Waals surface area contributed by atoms with Gasteiger partial charge in [0, 0.05) is 12.3 Å². The minimum absolute atomic E-state index is 0.218. The van der Waals surface area contributed by atoms with Gasteiger partial charge in [0.05, 0.1) is 0 Å². The van der Waals surface area contributed by atoms with E-state index in [9.17, 15) is 9.59 Å². The Balaban J connectivity index is 1.69. The first kappa shape index (κ1) is 17.5. The third-order valence-electron chi connectivity index (χ3n) is 9.10. The summed E-state index contributed by atoms with van der Waals surface area (Å²) in [6.07, 6.45) is 11.0. The summed E-state index contributed by atoms with van der Waals surface area (Å²) in [4.78, 5) is 24.5. The molecule has 25 heavy (non-hydrogen) atoms. The van der Waals surface area contributed by atoms with Gasteiger partial charge in [0.1, 0.15) is 5.78 Å². The third kappa shape index (κ3) is 2.35. The van der Waals surface area contributed by atoms with Crippen LogP contribution in [0.15, 0.2) is 11.6 Å². The van der Waals surface area contributed by atoms with E-state index >= 15 is 0 Å². The fourth-order valence-electron chi connectivity index (χ4n) is 7.94. The number of carbonyl (C=O) groups is 2. The summed E-state index contributed by atoms with van der Waals surface area (Å²) >= 11 is 0. The monoisotopic (exact) mass is 342 g/mol. The third-order valence-corrected chi connectivity index (χ3v) is 9.10. The maximum atomic E-state index is 12.5. The van der Waals surface area contributed by atoms with Gasteiger partial charge in [-0.2, -0.15) is 0 Å². The Morgan fingerprint density at radius 1 is 1.16 bits per heavy atom. The van der Waals surface area contributed by atoms with Gasteiger partial charge in [0.2, 0.25) is 0 Å². The molecule has 2 nitrogen and oxygen atoms in total. The van der Waals surface area contributed by atoms with Crippen LogP contribution < -0.4 is 0 Å². The van der Waals surface area contributed by atoms with Crippen molar-refractivity contribution >= 4 is 11.6 Å². The Hall–Kier alpha value is -0.920. The van der Waals surface area contributed by atoms with Crippen LogP contribution in [0.3, 0.4) is 0 Å². The van der Waals surface area contributed by atoms with Crippen molar-refractivity contribution in [1.82, 2.24) is 0 Å². The minimum atomic E-state index is 0.218. The van der Waals surface area contributed by atoms with E-state index in [1.54, 1.807) is 0 Å². The molecule has 7 atom stereocenters. The van der Waals surface area contributed by atoms with E-state index in [0.29, 0.717) is 23.4 Å². The second-order valence-electron chi connectivity index (χ2n) is 10.0. The average Bonchev–Trinajstić information content (AvgIpc) is 2.88. The molecule has 0 spiro atoms. The molecule has 0 aromatic heterocycles. The van der Waals surface area contributed by atoms with E-state index in [1.165, 1.54) is 31.3 Å². The molecule has 138 valence electrons. The maximum Gasteiger partial charge on any atom is 0.155 e. The van der Waals surface area contributed by atoms with Crippen LogP contribution in [0.5, 0.6) is 0 Å². The zero-order valence-corrected chi connectivity index (χ0v) is 16.4. The van der Waals surface area contributed by atoms with Crippen LogP contribution in [-0.2, 0) is 9.59 Å². The smallest absolute Gasteiger partial charge is 0.155 e. The van der Waals surface area contributed by atoms with Gasteiger partial charge in [0.15, 0.2) is 5.78 Å². The molecule has 0 amide bonds. The molecule has 4 aliphatic carbocycles. The minimum Gasteiger partial charge on any atom is -0.300 e. The lowest BCUT2D eigenvalue weighted by Crippen LogP contribution is -2.51. The van der Waals surface area contributed by atoms with Crippen LogP contribution in [0.2, 0.25) is 0 Å². The van der Waals surface area contributed by atoms with E-state index in [2.05, 4.69) is 20.8 Å². The quantitative estimate of drug-likeness (QED) is 0.677. The summed E-state index contributed by atoms with van der Waals surface area (Å²) in [7, 11) is 0. The standard InChI is InChI=1S/C23H34O2/c1-5-15-12-20-18-7-6-16-13-17(25)8-10-22(16,3)19(18)9-11-23(20,4)21(15)14(2)24/h13,15,18-21H,5-12H2,1-4H3/t15?,18-,19+,20+,21+,22+,23+/m1/s1. The predicted molar refractivity (Wildman–Crippen MR) is 100 cm³/mol. The molecular weight excluding hydrogens is 308 g/mol. The normalized spacial score (nSPS) is 49.0. The highest BCUT2D eigenvalue weighted by Gasteiger charge is 2.61. The van der Waals surface area contributed by atoms with Crippen LogP contribution in [0.4, 0.5) is 0 Å². The number of carbonyl (C=O) groups excluding carboxylic acids is 2. The van der Waals surface area contributed by atoms with Crippen molar-refractivity contribution in [2.75, 3.05) is 0 Å². The molecule has 0 aromatic rings. The molecule has 1 unspecified atom stereocenters. The Kier molecular flexibility index (Phi) is 4.05. The van der Waals surface area contributed by atoms with Crippen molar-refractivity contribution in [2.45, 2.75) is 79.1 Å². The Labute approximate surface area is 152 Å². The Morgan fingerprint density at radius 3 is 2.60 bits per heavy atom. The number of Topliss-reactive ketones (excluding diaryl/α,β-unsaturated/α-hetero) is 1. The number of rotatable bonds is 2. The van der Waals surface area contributed by atoms with Gasteiger partial charge >= 0.3 is 0 Å². The van der Waals surface area contributed by atoms with Crippen molar-refractivity contribution in [3.63, 3.8) is 0 Å². The number of hydrogen-bond donors (Lipinski definition) is 0. The first-order valence-corrected chi connectivity index (χ1v) is 10.6. The highest BCUT2D eigenvalue weighted by molar-refractivity contribution is 5.91. The van der Waals surface area contributed by atoms with Crippen molar-refractivity contribution in [1.29, 1.82) is 0 Å². The summed E-state index contributed by atoms with van der Waals surface area (Å²) < 4.78 is 0.